The van der Waals surface area contributed by atoms with Crippen LogP contribution in [0.25, 0.3) is 11.4 Å². The van der Waals surface area contributed by atoms with Gasteiger partial charge in [0, 0.05) is 23.8 Å². The lowest BCUT2D eigenvalue weighted by atomic mass is 9.96. The lowest BCUT2D eigenvalue weighted by Crippen LogP contribution is -2.38. The van der Waals surface area contributed by atoms with Crippen molar-refractivity contribution >= 4 is 39.0 Å². The van der Waals surface area contributed by atoms with Gasteiger partial charge in [-0.05, 0) is 49.8 Å². The van der Waals surface area contributed by atoms with E-state index in [1.54, 1.807) is 22.4 Å². The van der Waals surface area contributed by atoms with Crippen LogP contribution >= 0.6 is 15.9 Å². The summed E-state index contributed by atoms with van der Waals surface area (Å²) in [6.45, 7) is 8.65. The third-order valence-corrected chi connectivity index (χ3v) is 6.73. The van der Waals surface area contributed by atoms with Crippen LogP contribution in [0.1, 0.15) is 36.8 Å². The normalized spacial score (nSPS) is 18.1. The van der Waals surface area contributed by atoms with Crippen LogP contribution in [0.3, 0.4) is 0 Å². The first-order chi connectivity index (χ1) is 15.9. The van der Waals surface area contributed by atoms with Gasteiger partial charge in [-0.1, -0.05) is 48.0 Å². The van der Waals surface area contributed by atoms with E-state index in [-0.39, 0.29) is 11.3 Å². The fraction of sp³-hybridized carbons (Fsp3) is 0.320. The maximum absolute atomic E-state index is 13.3. The Hall–Kier alpha value is -2.97. The van der Waals surface area contributed by atoms with Gasteiger partial charge in [-0.25, -0.2) is 4.98 Å². The van der Waals surface area contributed by atoms with Crippen molar-refractivity contribution in [3.05, 3.63) is 75.7 Å². The number of pyridine rings is 1. The number of likely N-dealkylation sites (N-methyl/N-ethyl adjacent to an activating group) is 1. The van der Waals surface area contributed by atoms with Gasteiger partial charge in [-0.15, -0.1) is 0 Å². The number of amides is 1. The number of carbonyl (C=O) groups is 2. The number of benzene rings is 1. The van der Waals surface area contributed by atoms with Crippen molar-refractivity contribution in [2.45, 2.75) is 26.8 Å². The minimum Gasteiger partial charge on any atom is -0.505 e. The summed E-state index contributed by atoms with van der Waals surface area (Å²) in [7, 11) is 0. The van der Waals surface area contributed by atoms with Crippen molar-refractivity contribution in [1.82, 2.24) is 19.2 Å². The highest BCUT2D eigenvalue weighted by Crippen LogP contribution is 2.40. The van der Waals surface area contributed by atoms with E-state index in [0.29, 0.717) is 30.1 Å². The monoisotopic (exact) mass is 510 g/mol. The van der Waals surface area contributed by atoms with Gasteiger partial charge in [0.05, 0.1) is 17.3 Å². The van der Waals surface area contributed by atoms with Crippen LogP contribution in [0.5, 0.6) is 0 Å². The number of aliphatic hydroxyl groups is 1. The second-order valence-electron chi connectivity index (χ2n) is 8.05. The molecular weight excluding hydrogens is 484 g/mol. The number of aryl methyl sites for hydroxylation is 1. The van der Waals surface area contributed by atoms with Crippen LogP contribution in [0, 0.1) is 6.92 Å². The molecule has 33 heavy (non-hydrogen) atoms. The molecule has 0 radical (unpaired) electrons. The predicted octanol–water partition coefficient (Wildman–Crippen LogP) is 4.17. The summed E-state index contributed by atoms with van der Waals surface area (Å²) in [5.74, 6) is -1.48. The molecule has 0 aliphatic carbocycles. The average molecular weight is 511 g/mol. The molecule has 3 aromatic rings. The quantitative estimate of drug-likeness (QED) is 0.293. The molecule has 8 heteroatoms. The second-order valence-corrected chi connectivity index (χ2v) is 8.96. The Morgan fingerprint density at radius 2 is 1.82 bits per heavy atom. The number of hydrogen-bond acceptors (Lipinski definition) is 5. The Kier molecular flexibility index (Phi) is 6.67. The van der Waals surface area contributed by atoms with Crippen molar-refractivity contribution < 1.29 is 14.7 Å². The SMILES string of the molecule is CCN(CC)CCN1C(=O)C(=O)/C(=C(/O)c2c(C)nc3ccccn23)[C@H]1c1ccc(Br)cc1. The maximum atomic E-state index is 13.3. The highest BCUT2D eigenvalue weighted by atomic mass is 79.9. The third-order valence-electron chi connectivity index (χ3n) is 6.21. The van der Waals surface area contributed by atoms with E-state index in [0.717, 1.165) is 23.1 Å². The molecular formula is C25H27BrN4O3. The van der Waals surface area contributed by atoms with Crippen molar-refractivity contribution in [2.24, 2.45) is 0 Å². The zero-order valence-electron chi connectivity index (χ0n) is 19.0. The van der Waals surface area contributed by atoms with Crippen LogP contribution in [0.4, 0.5) is 0 Å². The number of rotatable bonds is 7. The average Bonchev–Trinajstić information content (AvgIpc) is 3.28. The number of imidazole rings is 1. The number of Topliss-reactive ketones (excluding diaryl/α,β-unsaturated/α-hetero) is 1. The van der Waals surface area contributed by atoms with Crippen LogP contribution in [0.15, 0.2) is 58.7 Å². The first-order valence-corrected chi connectivity index (χ1v) is 11.9. The van der Waals surface area contributed by atoms with Crippen molar-refractivity contribution in [2.75, 3.05) is 26.2 Å². The Balaban J connectivity index is 1.87. The summed E-state index contributed by atoms with van der Waals surface area (Å²) >= 11 is 3.45. The third kappa shape index (κ3) is 4.20. The van der Waals surface area contributed by atoms with Crippen molar-refractivity contribution in [3.8, 4) is 0 Å². The summed E-state index contributed by atoms with van der Waals surface area (Å²) in [6, 6.07) is 12.3. The summed E-state index contributed by atoms with van der Waals surface area (Å²) < 4.78 is 2.64. The molecule has 4 rings (SSSR count). The van der Waals surface area contributed by atoms with E-state index in [9.17, 15) is 14.7 Å². The molecule has 0 unspecified atom stereocenters. The minimum atomic E-state index is -0.678. The molecule has 172 valence electrons. The number of aromatic nitrogens is 2. The Morgan fingerprint density at radius 3 is 2.48 bits per heavy atom. The summed E-state index contributed by atoms with van der Waals surface area (Å²) in [5.41, 5.74) is 2.53. The van der Waals surface area contributed by atoms with E-state index in [1.807, 2.05) is 42.5 Å². The van der Waals surface area contributed by atoms with E-state index in [1.165, 1.54) is 0 Å². The van der Waals surface area contributed by atoms with Gasteiger partial charge in [0.2, 0.25) is 0 Å². The number of halogens is 1. The predicted molar refractivity (Wildman–Crippen MR) is 131 cm³/mol. The zero-order chi connectivity index (χ0) is 23.7. The largest absolute Gasteiger partial charge is 0.505 e. The van der Waals surface area contributed by atoms with Gasteiger partial charge in [-0.3, -0.25) is 14.0 Å². The number of hydrogen-bond donors (Lipinski definition) is 1. The molecule has 1 saturated heterocycles. The molecule has 1 amide bonds. The Bertz CT molecular complexity index is 1230. The van der Waals surface area contributed by atoms with Crippen molar-refractivity contribution in [3.63, 3.8) is 0 Å². The summed E-state index contributed by atoms with van der Waals surface area (Å²) in [5, 5.41) is 11.4. The lowest BCUT2D eigenvalue weighted by molar-refractivity contribution is -0.140. The van der Waals surface area contributed by atoms with Crippen molar-refractivity contribution in [1.29, 1.82) is 0 Å². The fourth-order valence-corrected chi connectivity index (χ4v) is 4.68. The molecule has 1 atom stereocenters. The molecule has 1 N–H and O–H groups in total. The number of nitrogens with zero attached hydrogens (tertiary/aromatic N) is 4. The topological polar surface area (TPSA) is 78.2 Å². The second kappa shape index (κ2) is 9.49. The number of fused-ring (bicyclic) bond motifs is 1. The molecule has 3 heterocycles. The Morgan fingerprint density at radius 1 is 1.12 bits per heavy atom. The van der Waals surface area contributed by atoms with Gasteiger partial charge in [0.1, 0.15) is 11.3 Å². The van der Waals surface area contributed by atoms with Gasteiger partial charge in [0.25, 0.3) is 11.7 Å². The first-order valence-electron chi connectivity index (χ1n) is 11.1. The van der Waals surface area contributed by atoms with E-state index < -0.39 is 17.7 Å². The molecule has 0 spiro atoms. The van der Waals surface area contributed by atoms with E-state index >= 15 is 0 Å². The highest BCUT2D eigenvalue weighted by molar-refractivity contribution is 9.10. The zero-order valence-corrected chi connectivity index (χ0v) is 20.5. The number of aliphatic hydroxyl groups excluding tert-OH is 1. The molecule has 1 fully saturated rings. The minimum absolute atomic E-state index is 0.0932. The number of likely N-dealkylation sites (tertiary alicyclic amines) is 1. The first kappa shape index (κ1) is 23.2. The standard InChI is InChI=1S/C25H27BrN4O3/c1-4-28(5-2)14-15-30-22(17-9-11-18(26)12-10-17)20(24(32)25(30)33)23(31)21-16(3)27-19-8-6-7-13-29(19)21/h6-13,22,31H,4-5,14-15H2,1-3H3/b23-20+/t22-/m1/s1. The molecule has 1 aliphatic heterocycles. The van der Waals surface area contributed by atoms with Crippen LogP contribution < -0.4 is 0 Å². The van der Waals surface area contributed by atoms with Crippen LogP contribution in [-0.4, -0.2) is 62.2 Å². The molecule has 0 saturated carbocycles. The van der Waals surface area contributed by atoms with Gasteiger partial charge in [0.15, 0.2) is 5.76 Å². The summed E-state index contributed by atoms with van der Waals surface area (Å²) in [4.78, 5) is 34.7. The molecule has 1 aromatic carbocycles. The molecule has 1 aliphatic rings. The van der Waals surface area contributed by atoms with Gasteiger partial charge < -0.3 is 14.9 Å². The molecule has 2 aromatic heterocycles. The van der Waals surface area contributed by atoms with E-state index in [2.05, 4.69) is 39.7 Å². The lowest BCUT2D eigenvalue weighted by Gasteiger charge is -2.28. The molecule has 7 nitrogen and oxygen atoms in total. The Labute approximate surface area is 201 Å². The number of carbonyl (C=O) groups excluding carboxylic acids is 2. The fourth-order valence-electron chi connectivity index (χ4n) is 4.42. The van der Waals surface area contributed by atoms with Gasteiger partial charge in [-0.2, -0.15) is 0 Å². The molecule has 0 bridgehead atoms. The number of ketones is 1. The smallest absolute Gasteiger partial charge is 0.295 e. The van der Waals surface area contributed by atoms with E-state index in [4.69, 9.17) is 0 Å². The van der Waals surface area contributed by atoms with Gasteiger partial charge >= 0.3 is 0 Å². The highest BCUT2D eigenvalue weighted by Gasteiger charge is 2.46. The van der Waals surface area contributed by atoms with Crippen LogP contribution in [-0.2, 0) is 9.59 Å². The van der Waals surface area contributed by atoms with Crippen LogP contribution in [0.2, 0.25) is 0 Å². The summed E-state index contributed by atoms with van der Waals surface area (Å²) in [6.07, 6.45) is 1.79. The maximum Gasteiger partial charge on any atom is 0.295 e.